The Morgan fingerprint density at radius 1 is 0.833 bits per heavy atom. The molecule has 0 amide bonds. The first kappa shape index (κ1) is 20.0. The van der Waals surface area contributed by atoms with Gasteiger partial charge in [0.2, 0.25) is 0 Å². The minimum absolute atomic E-state index is 0.709. The monoisotopic (exact) mass is 417 g/mol. The van der Waals surface area contributed by atoms with E-state index in [0.29, 0.717) is 11.5 Å². The van der Waals surface area contributed by atoms with Crippen molar-refractivity contribution in [3.05, 3.63) is 83.9 Å². The summed E-state index contributed by atoms with van der Waals surface area (Å²) in [6.45, 7) is 2.09. The van der Waals surface area contributed by atoms with Crippen LogP contribution in [0.4, 0.5) is 0 Å². The van der Waals surface area contributed by atoms with Crippen molar-refractivity contribution in [2.24, 2.45) is 0 Å². The summed E-state index contributed by atoms with van der Waals surface area (Å²) in [6.07, 6.45) is 0. The van der Waals surface area contributed by atoms with Crippen LogP contribution in [-0.2, 0) is 5.75 Å². The van der Waals surface area contributed by atoms with E-state index in [-0.39, 0.29) is 0 Å². The van der Waals surface area contributed by atoms with E-state index in [1.54, 1.807) is 26.0 Å². The minimum atomic E-state index is 0.709. The Balaban J connectivity index is 1.75. The highest BCUT2D eigenvalue weighted by atomic mass is 32.2. The standard InChI is InChI=1S/C24H23N3O2S/c1-17-9-11-18(12-10-17)16-30-24-26-25-23(27(24)20-7-5-4-6-8-20)19-13-21(28-2)15-22(14-19)29-3/h4-15H,16H2,1-3H3. The Morgan fingerprint density at radius 3 is 2.13 bits per heavy atom. The fourth-order valence-electron chi connectivity index (χ4n) is 3.13. The Bertz CT molecular complexity index is 1100. The van der Waals surface area contributed by atoms with Gasteiger partial charge in [0.15, 0.2) is 11.0 Å². The number of benzene rings is 3. The third kappa shape index (κ3) is 4.33. The first-order valence-electron chi connectivity index (χ1n) is 9.60. The molecule has 0 aliphatic heterocycles. The predicted octanol–water partition coefficient (Wildman–Crippen LogP) is 5.55. The van der Waals surface area contributed by atoms with Crippen LogP contribution in [0.15, 0.2) is 78.0 Å². The average molecular weight is 418 g/mol. The fraction of sp³-hybridized carbons (Fsp3) is 0.167. The number of hydrogen-bond acceptors (Lipinski definition) is 5. The van der Waals surface area contributed by atoms with Gasteiger partial charge in [-0.3, -0.25) is 4.57 Å². The second kappa shape index (κ2) is 9.05. The maximum absolute atomic E-state index is 5.44. The van der Waals surface area contributed by atoms with Gasteiger partial charge in [-0.25, -0.2) is 0 Å². The van der Waals surface area contributed by atoms with E-state index in [4.69, 9.17) is 9.47 Å². The van der Waals surface area contributed by atoms with Gasteiger partial charge in [0.05, 0.1) is 14.2 Å². The van der Waals surface area contributed by atoms with Crippen molar-refractivity contribution in [1.82, 2.24) is 14.8 Å². The number of aromatic nitrogens is 3. The second-order valence-corrected chi connectivity index (χ2v) is 7.80. The molecule has 6 heteroatoms. The van der Waals surface area contributed by atoms with E-state index in [1.165, 1.54) is 11.1 Å². The Morgan fingerprint density at radius 2 is 1.50 bits per heavy atom. The first-order chi connectivity index (χ1) is 14.7. The topological polar surface area (TPSA) is 49.2 Å². The number of ether oxygens (including phenoxy) is 2. The molecule has 30 heavy (non-hydrogen) atoms. The molecule has 0 saturated carbocycles. The molecule has 4 aromatic rings. The van der Waals surface area contributed by atoms with E-state index in [9.17, 15) is 0 Å². The van der Waals surface area contributed by atoms with Crippen molar-refractivity contribution in [2.45, 2.75) is 17.8 Å². The molecule has 0 aliphatic rings. The second-order valence-electron chi connectivity index (χ2n) is 6.85. The van der Waals surface area contributed by atoms with Gasteiger partial charge < -0.3 is 9.47 Å². The minimum Gasteiger partial charge on any atom is -0.497 e. The maximum Gasteiger partial charge on any atom is 0.196 e. The van der Waals surface area contributed by atoms with Crippen LogP contribution in [0.25, 0.3) is 17.1 Å². The molecule has 0 N–H and O–H groups in total. The van der Waals surface area contributed by atoms with Crippen LogP contribution in [0.3, 0.4) is 0 Å². The number of rotatable bonds is 7. The Labute approximate surface area is 180 Å². The summed E-state index contributed by atoms with van der Waals surface area (Å²) in [5.74, 6) is 2.97. The van der Waals surface area contributed by atoms with Crippen molar-refractivity contribution in [3.63, 3.8) is 0 Å². The Kier molecular flexibility index (Phi) is 6.05. The highest BCUT2D eigenvalue weighted by Crippen LogP contribution is 2.33. The van der Waals surface area contributed by atoms with E-state index >= 15 is 0 Å². The van der Waals surface area contributed by atoms with Crippen molar-refractivity contribution < 1.29 is 9.47 Å². The molecule has 0 spiro atoms. The van der Waals surface area contributed by atoms with Crippen LogP contribution in [-0.4, -0.2) is 29.0 Å². The number of hydrogen-bond donors (Lipinski definition) is 0. The third-order valence-corrected chi connectivity index (χ3v) is 5.75. The quantitative estimate of drug-likeness (QED) is 0.369. The first-order valence-corrected chi connectivity index (χ1v) is 10.6. The van der Waals surface area contributed by atoms with E-state index in [1.807, 2.05) is 36.4 Å². The smallest absolute Gasteiger partial charge is 0.196 e. The normalized spacial score (nSPS) is 10.8. The third-order valence-electron chi connectivity index (χ3n) is 4.75. The molecule has 0 atom stereocenters. The molecule has 5 nitrogen and oxygen atoms in total. The molecule has 0 unspecified atom stereocenters. The van der Waals surface area contributed by atoms with Gasteiger partial charge >= 0.3 is 0 Å². The molecule has 0 fully saturated rings. The van der Waals surface area contributed by atoms with Crippen molar-refractivity contribution in [2.75, 3.05) is 14.2 Å². The largest absolute Gasteiger partial charge is 0.497 e. The van der Waals surface area contributed by atoms with Gasteiger partial charge in [0, 0.05) is 23.1 Å². The lowest BCUT2D eigenvalue weighted by Gasteiger charge is -2.12. The van der Waals surface area contributed by atoms with Crippen LogP contribution >= 0.6 is 11.8 Å². The lowest BCUT2D eigenvalue weighted by Crippen LogP contribution is -2.00. The summed E-state index contributed by atoms with van der Waals surface area (Å²) in [7, 11) is 3.28. The molecule has 3 aromatic carbocycles. The van der Waals surface area contributed by atoms with Crippen LogP contribution in [0, 0.1) is 6.92 Å². The van der Waals surface area contributed by atoms with Crippen LogP contribution < -0.4 is 9.47 Å². The molecule has 1 heterocycles. The number of aryl methyl sites for hydroxylation is 1. The molecular weight excluding hydrogens is 394 g/mol. The summed E-state index contributed by atoms with van der Waals surface area (Å²) in [4.78, 5) is 0. The van der Waals surface area contributed by atoms with Crippen molar-refractivity contribution in [1.29, 1.82) is 0 Å². The predicted molar refractivity (Wildman–Crippen MR) is 121 cm³/mol. The average Bonchev–Trinajstić information content (AvgIpc) is 3.23. The number of para-hydroxylation sites is 1. The highest BCUT2D eigenvalue weighted by Gasteiger charge is 2.18. The molecule has 0 bridgehead atoms. The van der Waals surface area contributed by atoms with Gasteiger partial charge in [0.25, 0.3) is 0 Å². The van der Waals surface area contributed by atoms with E-state index in [2.05, 4.69) is 58.1 Å². The number of thioether (sulfide) groups is 1. The lowest BCUT2D eigenvalue weighted by atomic mass is 10.2. The van der Waals surface area contributed by atoms with E-state index in [0.717, 1.165) is 28.0 Å². The van der Waals surface area contributed by atoms with Gasteiger partial charge in [-0.05, 0) is 36.8 Å². The summed E-state index contributed by atoms with van der Waals surface area (Å²) < 4.78 is 13.0. The summed E-state index contributed by atoms with van der Waals surface area (Å²) >= 11 is 1.66. The zero-order valence-corrected chi connectivity index (χ0v) is 18.0. The zero-order valence-electron chi connectivity index (χ0n) is 17.2. The summed E-state index contributed by atoms with van der Waals surface area (Å²) in [6, 6.07) is 24.4. The number of methoxy groups -OCH3 is 2. The van der Waals surface area contributed by atoms with Gasteiger partial charge in [-0.1, -0.05) is 59.8 Å². The summed E-state index contributed by atoms with van der Waals surface area (Å²) in [5, 5.41) is 9.86. The highest BCUT2D eigenvalue weighted by molar-refractivity contribution is 7.98. The summed E-state index contributed by atoms with van der Waals surface area (Å²) in [5.41, 5.74) is 4.39. The SMILES string of the molecule is COc1cc(OC)cc(-c2nnc(SCc3ccc(C)cc3)n2-c2ccccc2)c1. The van der Waals surface area contributed by atoms with Gasteiger partial charge in [-0.15, -0.1) is 10.2 Å². The molecular formula is C24H23N3O2S. The van der Waals surface area contributed by atoms with Crippen molar-refractivity contribution in [3.8, 4) is 28.6 Å². The van der Waals surface area contributed by atoms with Crippen LogP contribution in [0.5, 0.6) is 11.5 Å². The number of nitrogens with zero attached hydrogens (tertiary/aromatic N) is 3. The maximum atomic E-state index is 5.44. The molecule has 0 aliphatic carbocycles. The molecule has 4 rings (SSSR count). The van der Waals surface area contributed by atoms with E-state index < -0.39 is 0 Å². The van der Waals surface area contributed by atoms with Crippen LogP contribution in [0.1, 0.15) is 11.1 Å². The van der Waals surface area contributed by atoms with Crippen LogP contribution in [0.2, 0.25) is 0 Å². The fourth-order valence-corrected chi connectivity index (χ4v) is 4.04. The lowest BCUT2D eigenvalue weighted by molar-refractivity contribution is 0.394. The molecule has 1 aromatic heterocycles. The molecule has 0 radical (unpaired) electrons. The van der Waals surface area contributed by atoms with Gasteiger partial charge in [-0.2, -0.15) is 0 Å². The molecule has 152 valence electrons. The van der Waals surface area contributed by atoms with Gasteiger partial charge in [0.1, 0.15) is 11.5 Å². The Hall–Kier alpha value is -3.25. The van der Waals surface area contributed by atoms with Crippen molar-refractivity contribution >= 4 is 11.8 Å². The molecule has 0 saturated heterocycles. The zero-order chi connectivity index (χ0) is 20.9.